The average Bonchev–Trinajstić information content (AvgIpc) is 1.61. The lowest BCUT2D eigenvalue weighted by Crippen LogP contribution is -2.35. The number of nitrogens with one attached hydrogen (secondary N) is 5. The molecule has 0 spiro atoms. The molecule has 0 atom stereocenters. The number of amides is 5. The monoisotopic (exact) mass is 2100 g/mol. The fraction of sp³-hybridized carbons (Fsp3) is 0.157. The van der Waals surface area contributed by atoms with Gasteiger partial charge >= 0.3 is 0 Å². The first-order valence-corrected chi connectivity index (χ1v) is 48.2. The van der Waals surface area contributed by atoms with Crippen LogP contribution in [0.5, 0.6) is 5.75 Å². The molecule has 5 N–H and O–H groups in total. The zero-order chi connectivity index (χ0) is 101. The molecule has 6 aromatic carbocycles. The lowest BCUT2D eigenvalue weighted by atomic mass is 10.0. The van der Waals surface area contributed by atoms with Crippen molar-refractivity contribution in [3.63, 3.8) is 0 Å². The van der Waals surface area contributed by atoms with E-state index in [0.717, 1.165) is 107 Å². The highest BCUT2D eigenvalue weighted by atomic mass is 79.9. The quantitative estimate of drug-likeness (QED) is 0.0417. The van der Waals surface area contributed by atoms with Gasteiger partial charge in [0, 0.05) is 103 Å². The second kappa shape index (κ2) is 39.4. The van der Waals surface area contributed by atoms with E-state index in [0.29, 0.717) is 122 Å². The Hall–Kier alpha value is -16.9. The van der Waals surface area contributed by atoms with Crippen LogP contribution in [0.2, 0.25) is 5.02 Å². The maximum atomic E-state index is 13.3. The van der Waals surface area contributed by atoms with E-state index in [4.69, 9.17) is 16.3 Å². The summed E-state index contributed by atoms with van der Waals surface area (Å²) in [5.41, 5.74) is 12.3. The van der Waals surface area contributed by atoms with E-state index in [9.17, 15) is 45.9 Å². The minimum Gasteiger partial charge on any atom is -0.497 e. The fourth-order valence-electron chi connectivity index (χ4n) is 17.6. The number of carbonyl (C=O) groups is 5. The maximum absolute atomic E-state index is 13.3. The van der Waals surface area contributed by atoms with Crippen LogP contribution in [0.1, 0.15) is 150 Å². The minimum absolute atomic E-state index is 0.179. The van der Waals surface area contributed by atoms with Crippen LogP contribution in [0.4, 0.5) is 22.0 Å². The van der Waals surface area contributed by atoms with Gasteiger partial charge < -0.3 is 31.3 Å². The largest absolute Gasteiger partial charge is 0.497 e. The molecule has 0 saturated heterocycles. The third-order valence-corrected chi connectivity index (χ3v) is 27.5. The molecule has 146 heavy (non-hydrogen) atoms. The highest BCUT2D eigenvalue weighted by Gasteiger charge is 2.52. The molecule has 5 aliphatic rings. The molecule has 5 amide bonds. The topological polar surface area (TPSA) is 360 Å². The van der Waals surface area contributed by atoms with E-state index in [1.54, 1.807) is 215 Å². The third-order valence-electron chi connectivity index (χ3n) is 26.3. The first kappa shape index (κ1) is 95.3. The Morgan fingerprint density at radius 2 is 0.575 bits per heavy atom. The van der Waals surface area contributed by atoms with Gasteiger partial charge in [-0.15, -0.1) is 0 Å². The molecular formula is C108H82Br2ClF5N24O6. The zero-order valence-electron chi connectivity index (χ0n) is 77.5. The van der Waals surface area contributed by atoms with Crippen molar-refractivity contribution in [2.75, 3.05) is 7.11 Å². The molecule has 0 bridgehead atoms. The van der Waals surface area contributed by atoms with Crippen LogP contribution >= 0.6 is 43.5 Å². The Bertz CT molecular complexity index is 8020. The number of pyridine rings is 9. The number of aromatic nitrogens is 19. The van der Waals surface area contributed by atoms with Gasteiger partial charge in [-0.3, -0.25) is 68.8 Å². The van der Waals surface area contributed by atoms with Crippen molar-refractivity contribution < 1.29 is 50.7 Å². The highest BCUT2D eigenvalue weighted by Crippen LogP contribution is 2.50. The van der Waals surface area contributed by atoms with Crippen LogP contribution in [0, 0.1) is 36.0 Å². The van der Waals surface area contributed by atoms with Gasteiger partial charge in [0.15, 0.2) is 0 Å². The molecule has 0 radical (unpaired) electrons. The molecule has 5 saturated carbocycles. The number of halogens is 8. The summed E-state index contributed by atoms with van der Waals surface area (Å²) in [5, 5.41) is 41.5. The number of hydrogen-bond donors (Lipinski definition) is 5. The fourth-order valence-corrected chi connectivity index (χ4v) is 18.2. The van der Waals surface area contributed by atoms with Gasteiger partial charge in [0.1, 0.15) is 34.8 Å². The molecule has 0 unspecified atom stereocenters. The summed E-state index contributed by atoms with van der Waals surface area (Å²) >= 11 is 12.9. The zero-order valence-corrected chi connectivity index (χ0v) is 81.4. The van der Waals surface area contributed by atoms with E-state index in [1.165, 1.54) is 73.1 Å². The van der Waals surface area contributed by atoms with Crippen molar-refractivity contribution >= 4 is 128 Å². The van der Waals surface area contributed by atoms with Crippen molar-refractivity contribution in [2.45, 2.75) is 98.8 Å². The normalized spacial score (nSPS) is 14.6. The summed E-state index contributed by atoms with van der Waals surface area (Å²) in [5.74, 6) is -2.00. The van der Waals surface area contributed by atoms with Crippen molar-refractivity contribution in [1.29, 1.82) is 0 Å². The number of carbonyl (C=O) groups excluding carboxylic acids is 5. The summed E-state index contributed by atoms with van der Waals surface area (Å²) in [6.45, 7) is 2.01. The second-order valence-electron chi connectivity index (χ2n) is 36.0. The number of rotatable bonds is 21. The maximum Gasteiger partial charge on any atom is 0.254 e. The Kier molecular flexibility index (Phi) is 25.7. The molecule has 14 aromatic heterocycles. The van der Waals surface area contributed by atoms with Crippen LogP contribution in [-0.2, 0) is 27.7 Å². The predicted octanol–water partition coefficient (Wildman–Crippen LogP) is 20.0. The highest BCUT2D eigenvalue weighted by molar-refractivity contribution is 9.10. The molecular weight excluding hydrogens is 2020 g/mol. The Labute approximate surface area is 849 Å². The van der Waals surface area contributed by atoms with E-state index < -0.39 is 22.2 Å². The lowest BCUT2D eigenvalue weighted by Gasteiger charge is -2.18. The molecule has 5 aliphatic carbocycles. The first-order valence-electron chi connectivity index (χ1n) is 46.3. The molecule has 0 aliphatic heterocycles. The molecule has 726 valence electrons. The van der Waals surface area contributed by atoms with Gasteiger partial charge in [0.25, 0.3) is 29.5 Å². The van der Waals surface area contributed by atoms with Gasteiger partial charge in [-0.05, 0) is 274 Å². The summed E-state index contributed by atoms with van der Waals surface area (Å²) in [6, 6.07) is 52.9. The van der Waals surface area contributed by atoms with E-state index in [-0.39, 0.29) is 64.2 Å². The van der Waals surface area contributed by atoms with Gasteiger partial charge in [-0.1, -0.05) is 39.7 Å². The summed E-state index contributed by atoms with van der Waals surface area (Å²) < 4.78 is 81.6. The molecule has 20 aromatic rings. The van der Waals surface area contributed by atoms with Gasteiger partial charge in [0.2, 0.25) is 0 Å². The Morgan fingerprint density at radius 1 is 0.301 bits per heavy atom. The van der Waals surface area contributed by atoms with Gasteiger partial charge in [-0.2, -0.15) is 25.5 Å². The number of nitrogens with zero attached hydrogens (tertiary/aromatic N) is 19. The standard InChI is InChI=1S/C22H16BrFN4O.C22H18FN5O2.C22H18FN5O.C21H15BrFN5O.C21H15ClFN5O/c23-15-3-1-14(2-4-15)22(9-10-22)27-21(29)19-11-25-13-20-18(19)12-26-28(20)17-7-5-16(24)6-8-17;1-30-16-6-9-25-20(10-16)22(7-8-22)27-21(29)18-11-24-13-19-17(18)12-26-28(19)15-4-2-14(23)3-5-15;1-14-6-9-25-20(10-14)22(7-8-22)27-21(29)18-11-24-13-19-17(18)12-26-28(19)16-4-2-15(23)3-5-16;22-13-1-6-19(25-9-13)21(7-8-21)27-20(29)17-10-24-12-18-16(17)11-26-28(18)15-4-2-14(23)3-5-15;22-13-5-8-25-19(9-13)21(6-7-21)27-20(29)17-10-24-12-18-16(17)11-26-28(18)15-3-1-14(23)2-4-15/h1-8,11-13H,9-10H2,(H,27,29);2-6,9-13H,7-8H2,1H3,(H,27,29);2-6,9-13H,7-8H2,1H3,(H,27,29);1-6,9-12H,7-8H2,(H,27,29);1-5,8-12H,6-7H2,(H,27,29). The van der Waals surface area contributed by atoms with Crippen LogP contribution in [0.3, 0.4) is 0 Å². The Balaban J connectivity index is 0.000000107. The minimum atomic E-state index is -0.503. The number of aryl methyl sites for hydroxylation is 1. The summed E-state index contributed by atoms with van der Waals surface area (Å²) in [7, 11) is 1.60. The van der Waals surface area contributed by atoms with Crippen LogP contribution < -0.4 is 31.3 Å². The van der Waals surface area contributed by atoms with Crippen LogP contribution in [0.15, 0.2) is 321 Å². The second-order valence-corrected chi connectivity index (χ2v) is 38.2. The molecule has 5 fully saturated rings. The smallest absolute Gasteiger partial charge is 0.254 e. The number of methoxy groups -OCH3 is 1. The van der Waals surface area contributed by atoms with Crippen molar-refractivity contribution in [2.24, 2.45) is 0 Å². The number of hydrogen-bond acceptors (Lipinski definition) is 20. The molecule has 14 heterocycles. The summed E-state index contributed by atoms with van der Waals surface area (Å²) in [4.78, 5) is 104. The van der Waals surface area contributed by atoms with Crippen LogP contribution in [0.25, 0.3) is 83.0 Å². The number of fused-ring (bicyclic) bond motifs is 5. The lowest BCUT2D eigenvalue weighted by molar-refractivity contribution is 0.0922. The molecule has 25 rings (SSSR count). The third kappa shape index (κ3) is 19.7. The van der Waals surface area contributed by atoms with Gasteiger partial charge in [-0.25, -0.2) is 45.4 Å². The van der Waals surface area contributed by atoms with Crippen molar-refractivity contribution in [1.82, 2.24) is 120 Å². The first-order chi connectivity index (χ1) is 70.8. The SMILES string of the molecule is COc1ccnc(C2(NC(=O)c3cncc4c3cnn4-c3ccc(F)cc3)CC2)c1.Cc1ccnc(C2(NC(=O)c3cncc4c3cnn4-c3ccc(F)cc3)CC2)c1.O=C(NC1(c2cc(Cl)ccn2)CC1)c1cncc2c1cnn2-c1ccc(F)cc1.O=C(NC1(c2ccc(Br)cc2)CC1)c1cncc2c1cnn2-c1ccc(F)cc1.O=C(NC1(c2ccc(Br)cn2)CC1)c1cncc2c1cnn2-c1ccc(F)cc1. The van der Waals surface area contributed by atoms with E-state index in [1.807, 2.05) is 61.5 Å². The van der Waals surface area contributed by atoms with Crippen LogP contribution in [-0.4, -0.2) is 130 Å². The number of benzene rings is 6. The Morgan fingerprint density at radius 3 is 0.856 bits per heavy atom. The van der Waals surface area contributed by atoms with Crippen molar-refractivity contribution in [3.05, 3.63) is 417 Å². The van der Waals surface area contributed by atoms with Gasteiger partial charge in [0.05, 0.1) is 203 Å². The average molecular weight is 2100 g/mol. The molecule has 38 heteroatoms. The number of ether oxygens (including phenoxy) is 1. The summed E-state index contributed by atoms with van der Waals surface area (Å²) in [6.07, 6.45) is 39.3. The van der Waals surface area contributed by atoms with E-state index >= 15 is 0 Å². The van der Waals surface area contributed by atoms with Crippen molar-refractivity contribution in [3.8, 4) is 34.2 Å². The molecule has 30 nitrogen and oxygen atoms in total. The van der Waals surface area contributed by atoms with E-state index in [2.05, 4.69) is 129 Å². The predicted molar refractivity (Wildman–Crippen MR) is 541 cm³/mol.